The Morgan fingerprint density at radius 2 is 1.96 bits per heavy atom. The third kappa shape index (κ3) is 3.37. The molecule has 128 valence electrons. The Balaban J connectivity index is 2.72. The Morgan fingerprint density at radius 3 is 2.46 bits per heavy atom. The highest BCUT2D eigenvalue weighted by atomic mass is 79.9. The van der Waals surface area contributed by atoms with E-state index < -0.39 is 17.7 Å². The molecule has 0 radical (unpaired) electrons. The second-order valence-corrected chi connectivity index (χ2v) is 6.20. The molecule has 0 saturated heterocycles. The molecular formula is C15H8BrCl2F4NO. The van der Waals surface area contributed by atoms with Crippen LogP contribution in [0, 0.1) is 18.2 Å². The van der Waals surface area contributed by atoms with Crippen LogP contribution in [0.4, 0.5) is 17.6 Å². The average Bonchev–Trinajstić information content (AvgIpc) is 2.68. The van der Waals surface area contributed by atoms with E-state index in [0.29, 0.717) is 0 Å². The first-order valence-corrected chi connectivity index (χ1v) is 7.81. The number of hydrogen-bond acceptors (Lipinski definition) is 1. The van der Waals surface area contributed by atoms with Gasteiger partial charge in [-0.2, -0.15) is 13.2 Å². The Labute approximate surface area is 153 Å². The lowest BCUT2D eigenvalue weighted by Gasteiger charge is -2.10. The summed E-state index contributed by atoms with van der Waals surface area (Å²) >= 11 is 14.7. The molecule has 1 aromatic carbocycles. The number of alkyl halides is 3. The number of ether oxygens (including phenoxy) is 1. The quantitative estimate of drug-likeness (QED) is 0.422. The van der Waals surface area contributed by atoms with E-state index in [-0.39, 0.29) is 38.1 Å². The van der Waals surface area contributed by atoms with Gasteiger partial charge in [0.15, 0.2) is 0 Å². The van der Waals surface area contributed by atoms with Crippen molar-refractivity contribution in [3.05, 3.63) is 38.3 Å². The first-order chi connectivity index (χ1) is 11.1. The monoisotopic (exact) mass is 443 g/mol. The summed E-state index contributed by atoms with van der Waals surface area (Å²) in [7, 11) is 1.13. The van der Waals surface area contributed by atoms with Gasteiger partial charge < -0.3 is 9.30 Å². The topological polar surface area (TPSA) is 14.2 Å². The second kappa shape index (κ2) is 6.87. The lowest BCUT2D eigenvalue weighted by molar-refractivity contribution is -0.143. The Kier molecular flexibility index (Phi) is 5.43. The lowest BCUT2D eigenvalue weighted by atomic mass is 10.1. The lowest BCUT2D eigenvalue weighted by Crippen LogP contribution is -2.11. The van der Waals surface area contributed by atoms with Crippen molar-refractivity contribution in [3.8, 4) is 29.2 Å². The second-order valence-electron chi connectivity index (χ2n) is 4.64. The van der Waals surface area contributed by atoms with Crippen molar-refractivity contribution >= 4 is 39.1 Å². The van der Waals surface area contributed by atoms with Gasteiger partial charge in [-0.25, -0.2) is 4.39 Å². The molecular weight excluding hydrogens is 437 g/mol. The van der Waals surface area contributed by atoms with Gasteiger partial charge in [0.25, 0.3) is 0 Å². The van der Waals surface area contributed by atoms with E-state index in [4.69, 9.17) is 34.4 Å². The van der Waals surface area contributed by atoms with Crippen LogP contribution in [-0.4, -0.2) is 11.2 Å². The van der Waals surface area contributed by atoms with Crippen LogP contribution in [-0.2, 0) is 13.2 Å². The molecule has 2 nitrogen and oxygen atoms in total. The van der Waals surface area contributed by atoms with Gasteiger partial charge in [0.2, 0.25) is 0 Å². The highest BCUT2D eigenvalue weighted by molar-refractivity contribution is 9.10. The SMILES string of the molecule is C#CCOc1cc(-c2c(Br)c(C(F)(F)F)n(C)c2Cl)c(F)cc1Cl. The number of rotatable bonds is 3. The van der Waals surface area contributed by atoms with Crippen LogP contribution in [0.15, 0.2) is 16.6 Å². The average molecular weight is 445 g/mol. The first kappa shape index (κ1) is 19.0. The van der Waals surface area contributed by atoms with E-state index in [9.17, 15) is 17.6 Å². The summed E-state index contributed by atoms with van der Waals surface area (Å²) in [6.45, 7) is -0.137. The van der Waals surface area contributed by atoms with Gasteiger partial charge in [0.1, 0.15) is 29.0 Å². The molecule has 24 heavy (non-hydrogen) atoms. The van der Waals surface area contributed by atoms with E-state index in [0.717, 1.165) is 23.7 Å². The molecule has 2 rings (SSSR count). The molecule has 0 unspecified atom stereocenters. The minimum Gasteiger partial charge on any atom is -0.479 e. The Bertz CT molecular complexity index is 840. The molecule has 0 N–H and O–H groups in total. The number of terminal acetylenes is 1. The summed E-state index contributed by atoms with van der Waals surface area (Å²) in [5, 5.41) is -0.357. The van der Waals surface area contributed by atoms with Gasteiger partial charge in [-0.15, -0.1) is 6.42 Å². The molecule has 0 atom stereocenters. The molecule has 0 aliphatic carbocycles. The molecule has 0 aliphatic rings. The van der Waals surface area contributed by atoms with E-state index in [1.165, 1.54) is 0 Å². The maximum absolute atomic E-state index is 14.3. The third-order valence-corrected chi connectivity index (χ3v) is 4.64. The van der Waals surface area contributed by atoms with Gasteiger partial charge in [-0.1, -0.05) is 29.1 Å². The molecule has 9 heteroatoms. The molecule has 1 heterocycles. The Hall–Kier alpha value is -1.36. The van der Waals surface area contributed by atoms with E-state index in [1.807, 2.05) is 0 Å². The highest BCUT2D eigenvalue weighted by Gasteiger charge is 2.40. The summed E-state index contributed by atoms with van der Waals surface area (Å²) in [4.78, 5) is 0. The van der Waals surface area contributed by atoms with E-state index in [2.05, 4.69) is 21.9 Å². The zero-order valence-corrected chi connectivity index (χ0v) is 15.0. The predicted octanol–water partition coefficient (Wildman–Crippen LogP) is 5.93. The van der Waals surface area contributed by atoms with Crippen molar-refractivity contribution in [2.45, 2.75) is 6.18 Å². The van der Waals surface area contributed by atoms with Crippen LogP contribution in [0.25, 0.3) is 11.1 Å². The van der Waals surface area contributed by atoms with Crippen LogP contribution >= 0.6 is 39.1 Å². The number of benzene rings is 1. The van der Waals surface area contributed by atoms with Crippen LogP contribution in [0.2, 0.25) is 10.2 Å². The smallest absolute Gasteiger partial charge is 0.432 e. The summed E-state index contributed by atoms with van der Waals surface area (Å²) < 4.78 is 59.3. The third-order valence-electron chi connectivity index (χ3n) is 3.13. The molecule has 0 spiro atoms. The van der Waals surface area contributed by atoms with Gasteiger partial charge in [0.05, 0.1) is 9.50 Å². The maximum atomic E-state index is 14.3. The maximum Gasteiger partial charge on any atom is 0.432 e. The zero-order valence-electron chi connectivity index (χ0n) is 11.9. The van der Waals surface area contributed by atoms with Crippen LogP contribution in [0.1, 0.15) is 5.69 Å². The minimum absolute atomic E-state index is 0.0337. The van der Waals surface area contributed by atoms with Crippen molar-refractivity contribution in [2.75, 3.05) is 6.61 Å². The number of halogens is 7. The van der Waals surface area contributed by atoms with Crippen molar-refractivity contribution in [2.24, 2.45) is 7.05 Å². The Morgan fingerprint density at radius 1 is 1.33 bits per heavy atom. The zero-order chi connectivity index (χ0) is 18.2. The standard InChI is InChI=1S/C15H8BrCl2F4NO/c1-3-4-24-10-5-7(9(19)6-8(10)17)11-12(16)13(15(20,21)22)23(2)14(11)18/h1,5-6H,4H2,2H3. The van der Waals surface area contributed by atoms with Crippen LogP contribution in [0.5, 0.6) is 5.75 Å². The minimum atomic E-state index is -4.68. The number of hydrogen-bond donors (Lipinski definition) is 0. The fraction of sp³-hybridized carbons (Fsp3) is 0.200. The fourth-order valence-electron chi connectivity index (χ4n) is 2.12. The van der Waals surface area contributed by atoms with Gasteiger partial charge in [-0.3, -0.25) is 0 Å². The molecule has 0 bridgehead atoms. The molecule has 0 aliphatic heterocycles. The van der Waals surface area contributed by atoms with Gasteiger partial charge in [0, 0.05) is 18.2 Å². The first-order valence-electron chi connectivity index (χ1n) is 6.26. The van der Waals surface area contributed by atoms with Crippen molar-refractivity contribution in [1.82, 2.24) is 4.57 Å². The molecule has 0 amide bonds. The normalized spacial score (nSPS) is 11.5. The van der Waals surface area contributed by atoms with Crippen LogP contribution in [0.3, 0.4) is 0 Å². The van der Waals surface area contributed by atoms with Crippen molar-refractivity contribution < 1.29 is 22.3 Å². The summed E-state index contributed by atoms with van der Waals surface area (Å²) in [6.07, 6.45) is 0.396. The largest absolute Gasteiger partial charge is 0.479 e. The van der Waals surface area contributed by atoms with Gasteiger partial charge in [-0.05, 0) is 28.1 Å². The van der Waals surface area contributed by atoms with Crippen molar-refractivity contribution in [3.63, 3.8) is 0 Å². The van der Waals surface area contributed by atoms with E-state index >= 15 is 0 Å². The number of aromatic nitrogens is 1. The summed E-state index contributed by atoms with van der Waals surface area (Å²) in [6, 6.07) is 2.08. The molecule has 2 aromatic rings. The fourth-order valence-corrected chi connectivity index (χ4v) is 3.61. The number of nitrogens with zero attached hydrogens (tertiary/aromatic N) is 1. The van der Waals surface area contributed by atoms with Crippen molar-refractivity contribution in [1.29, 1.82) is 0 Å². The molecule has 0 saturated carbocycles. The summed E-state index contributed by atoms with van der Waals surface area (Å²) in [5.41, 5.74) is -1.40. The van der Waals surface area contributed by atoms with Gasteiger partial charge >= 0.3 is 6.18 Å². The highest BCUT2D eigenvalue weighted by Crippen LogP contribution is 2.47. The summed E-state index contributed by atoms with van der Waals surface area (Å²) in [5.74, 6) is 1.39. The molecule has 0 fully saturated rings. The molecule has 1 aromatic heterocycles. The van der Waals surface area contributed by atoms with Crippen LogP contribution < -0.4 is 4.74 Å². The van der Waals surface area contributed by atoms with E-state index in [1.54, 1.807) is 0 Å². The predicted molar refractivity (Wildman–Crippen MR) is 87.9 cm³/mol.